The highest BCUT2D eigenvalue weighted by Crippen LogP contribution is 2.15. The Morgan fingerprint density at radius 3 is 2.19 bits per heavy atom. The lowest BCUT2D eigenvalue weighted by molar-refractivity contribution is -0.145. The maximum atomic E-state index is 9.73. The fraction of sp³-hybridized carbons (Fsp3) is 1.00. The fourth-order valence-corrected chi connectivity index (χ4v) is 1.67. The first kappa shape index (κ1) is 15.9. The van der Waals surface area contributed by atoms with E-state index in [1.165, 1.54) is 0 Å². The summed E-state index contributed by atoms with van der Waals surface area (Å²) in [6, 6.07) is 0. The van der Waals surface area contributed by atoms with Crippen molar-refractivity contribution < 1.29 is 14.9 Å². The van der Waals surface area contributed by atoms with Gasteiger partial charge in [0.15, 0.2) is 6.29 Å². The van der Waals surface area contributed by atoms with E-state index in [2.05, 4.69) is 13.8 Å². The number of ether oxygens (including phenoxy) is 1. The molecular weight excluding hydrogens is 204 g/mol. The third kappa shape index (κ3) is 8.08. The highest BCUT2D eigenvalue weighted by Gasteiger charge is 2.18. The minimum absolute atomic E-state index is 0.0126. The van der Waals surface area contributed by atoms with Crippen LogP contribution in [0.25, 0.3) is 0 Å². The molecule has 0 rings (SSSR count). The van der Waals surface area contributed by atoms with E-state index in [1.807, 2.05) is 0 Å². The van der Waals surface area contributed by atoms with E-state index in [1.54, 1.807) is 0 Å². The lowest BCUT2D eigenvalue weighted by atomic mass is 10.0. The van der Waals surface area contributed by atoms with Gasteiger partial charge in [-0.2, -0.15) is 0 Å². The summed E-state index contributed by atoms with van der Waals surface area (Å²) < 4.78 is 5.32. The normalized spacial score (nSPS) is 15.0. The van der Waals surface area contributed by atoms with E-state index < -0.39 is 6.29 Å². The van der Waals surface area contributed by atoms with E-state index >= 15 is 0 Å². The van der Waals surface area contributed by atoms with Gasteiger partial charge in [0.25, 0.3) is 0 Å². The molecule has 0 fully saturated rings. The highest BCUT2D eigenvalue weighted by molar-refractivity contribution is 4.61. The van der Waals surface area contributed by atoms with Crippen LogP contribution < -0.4 is 0 Å². The van der Waals surface area contributed by atoms with Crippen LogP contribution in [-0.4, -0.2) is 29.7 Å². The van der Waals surface area contributed by atoms with Crippen molar-refractivity contribution in [2.24, 2.45) is 5.92 Å². The first-order valence-electron chi connectivity index (χ1n) is 6.66. The second kappa shape index (κ2) is 11.4. The molecule has 0 aliphatic carbocycles. The average Bonchev–Trinajstić information content (AvgIpc) is 2.30. The van der Waals surface area contributed by atoms with Crippen LogP contribution >= 0.6 is 0 Å². The molecule has 0 bridgehead atoms. The molecule has 0 aromatic rings. The summed E-state index contributed by atoms with van der Waals surface area (Å²) >= 11 is 0. The van der Waals surface area contributed by atoms with Crippen LogP contribution in [0.4, 0.5) is 0 Å². The van der Waals surface area contributed by atoms with Crippen LogP contribution in [0.2, 0.25) is 0 Å². The summed E-state index contributed by atoms with van der Waals surface area (Å²) in [7, 11) is 0. The SMILES string of the molecule is CCCCCOC(O)C(CO)CCCCC. The molecular formula is C13H28O3. The first-order chi connectivity index (χ1) is 7.76. The summed E-state index contributed by atoms with van der Waals surface area (Å²) in [6.07, 6.45) is 6.69. The minimum Gasteiger partial charge on any atom is -0.396 e. The Labute approximate surface area is 99.8 Å². The Morgan fingerprint density at radius 2 is 1.62 bits per heavy atom. The molecule has 16 heavy (non-hydrogen) atoms. The predicted molar refractivity (Wildman–Crippen MR) is 66.2 cm³/mol. The fourth-order valence-electron chi connectivity index (χ4n) is 1.67. The summed E-state index contributed by atoms with van der Waals surface area (Å²) in [5, 5.41) is 18.9. The molecule has 0 aliphatic heterocycles. The Hall–Kier alpha value is -0.120. The standard InChI is InChI=1S/C13H28O3/c1-3-5-7-9-12(11-14)13(15)16-10-8-6-4-2/h12-15H,3-11H2,1-2H3. The quantitative estimate of drug-likeness (QED) is 0.425. The van der Waals surface area contributed by atoms with E-state index in [-0.39, 0.29) is 12.5 Å². The second-order valence-corrected chi connectivity index (χ2v) is 4.41. The number of aliphatic hydroxyl groups excluding tert-OH is 2. The van der Waals surface area contributed by atoms with Crippen molar-refractivity contribution in [3.05, 3.63) is 0 Å². The molecule has 3 nitrogen and oxygen atoms in total. The Bertz CT molecular complexity index is 139. The molecule has 0 amide bonds. The predicted octanol–water partition coefficient (Wildman–Crippen LogP) is 2.70. The molecule has 98 valence electrons. The van der Waals surface area contributed by atoms with E-state index in [4.69, 9.17) is 9.84 Å². The molecule has 2 atom stereocenters. The maximum absolute atomic E-state index is 9.73. The maximum Gasteiger partial charge on any atom is 0.159 e. The zero-order valence-corrected chi connectivity index (χ0v) is 10.8. The van der Waals surface area contributed by atoms with Gasteiger partial charge < -0.3 is 14.9 Å². The summed E-state index contributed by atoms with van der Waals surface area (Å²) in [4.78, 5) is 0. The summed E-state index contributed by atoms with van der Waals surface area (Å²) in [5.74, 6) is -0.117. The van der Waals surface area contributed by atoms with Gasteiger partial charge in [-0.1, -0.05) is 46.0 Å². The molecule has 0 heterocycles. The number of hydrogen-bond acceptors (Lipinski definition) is 3. The number of aliphatic hydroxyl groups is 2. The van der Waals surface area contributed by atoms with Crippen LogP contribution in [0.5, 0.6) is 0 Å². The topological polar surface area (TPSA) is 49.7 Å². The second-order valence-electron chi connectivity index (χ2n) is 4.41. The molecule has 3 heteroatoms. The van der Waals surface area contributed by atoms with E-state index in [0.29, 0.717) is 6.61 Å². The Balaban J connectivity index is 3.60. The zero-order chi connectivity index (χ0) is 12.2. The van der Waals surface area contributed by atoms with Crippen molar-refractivity contribution in [2.45, 2.75) is 65.1 Å². The van der Waals surface area contributed by atoms with E-state index in [0.717, 1.165) is 44.9 Å². The largest absolute Gasteiger partial charge is 0.396 e. The molecule has 0 aromatic heterocycles. The Kier molecular flexibility index (Phi) is 11.3. The number of unbranched alkanes of at least 4 members (excludes halogenated alkanes) is 4. The first-order valence-corrected chi connectivity index (χ1v) is 6.66. The lowest BCUT2D eigenvalue weighted by Gasteiger charge is -2.21. The molecule has 0 saturated carbocycles. The molecule has 0 aliphatic rings. The third-order valence-electron chi connectivity index (χ3n) is 2.85. The van der Waals surface area contributed by atoms with Crippen LogP contribution in [-0.2, 0) is 4.74 Å². The molecule has 2 N–H and O–H groups in total. The summed E-state index contributed by atoms with van der Waals surface area (Å²) in [6.45, 7) is 4.89. The van der Waals surface area contributed by atoms with Crippen molar-refractivity contribution in [1.29, 1.82) is 0 Å². The van der Waals surface area contributed by atoms with Gasteiger partial charge in [-0.25, -0.2) is 0 Å². The lowest BCUT2D eigenvalue weighted by Crippen LogP contribution is -2.27. The van der Waals surface area contributed by atoms with Gasteiger partial charge in [-0.3, -0.25) is 0 Å². The molecule has 2 unspecified atom stereocenters. The van der Waals surface area contributed by atoms with Crippen molar-refractivity contribution >= 4 is 0 Å². The van der Waals surface area contributed by atoms with Crippen molar-refractivity contribution in [3.63, 3.8) is 0 Å². The van der Waals surface area contributed by atoms with Gasteiger partial charge in [0.2, 0.25) is 0 Å². The van der Waals surface area contributed by atoms with E-state index in [9.17, 15) is 5.11 Å². The molecule has 0 saturated heterocycles. The summed E-state index contributed by atoms with van der Waals surface area (Å²) in [5.41, 5.74) is 0. The monoisotopic (exact) mass is 232 g/mol. The molecule has 0 aromatic carbocycles. The van der Waals surface area contributed by atoms with Crippen LogP contribution in [0.15, 0.2) is 0 Å². The van der Waals surface area contributed by atoms with Gasteiger partial charge in [-0.05, 0) is 12.8 Å². The molecule has 0 spiro atoms. The van der Waals surface area contributed by atoms with Crippen LogP contribution in [0, 0.1) is 5.92 Å². The van der Waals surface area contributed by atoms with Gasteiger partial charge in [0.1, 0.15) is 0 Å². The third-order valence-corrected chi connectivity index (χ3v) is 2.85. The minimum atomic E-state index is -0.793. The van der Waals surface area contributed by atoms with Gasteiger partial charge in [-0.15, -0.1) is 0 Å². The average molecular weight is 232 g/mol. The smallest absolute Gasteiger partial charge is 0.159 e. The zero-order valence-electron chi connectivity index (χ0n) is 10.8. The van der Waals surface area contributed by atoms with Crippen LogP contribution in [0.3, 0.4) is 0 Å². The Morgan fingerprint density at radius 1 is 1.00 bits per heavy atom. The van der Waals surface area contributed by atoms with Crippen molar-refractivity contribution in [2.75, 3.05) is 13.2 Å². The van der Waals surface area contributed by atoms with Crippen molar-refractivity contribution in [3.8, 4) is 0 Å². The number of rotatable bonds is 11. The highest BCUT2D eigenvalue weighted by atomic mass is 16.6. The van der Waals surface area contributed by atoms with Gasteiger partial charge >= 0.3 is 0 Å². The van der Waals surface area contributed by atoms with Crippen molar-refractivity contribution in [1.82, 2.24) is 0 Å². The van der Waals surface area contributed by atoms with Crippen LogP contribution in [0.1, 0.15) is 58.8 Å². The van der Waals surface area contributed by atoms with Gasteiger partial charge in [0.05, 0.1) is 6.61 Å². The molecule has 0 radical (unpaired) electrons. The van der Waals surface area contributed by atoms with Gasteiger partial charge in [0, 0.05) is 12.5 Å². The number of hydrogen-bond donors (Lipinski definition) is 2.